The van der Waals surface area contributed by atoms with Crippen molar-refractivity contribution in [3.8, 4) is 0 Å². The van der Waals surface area contributed by atoms with Crippen LogP contribution in [-0.4, -0.2) is 19.6 Å². The molecule has 1 aromatic rings. The number of nitrogens with zero attached hydrogens (tertiary/aromatic N) is 1. The molecule has 90 valence electrons. The molecule has 0 atom stereocenters. The molecule has 16 heavy (non-hydrogen) atoms. The Morgan fingerprint density at radius 1 is 1.38 bits per heavy atom. The van der Waals surface area contributed by atoms with E-state index in [1.54, 1.807) is 0 Å². The van der Waals surface area contributed by atoms with E-state index in [9.17, 15) is 0 Å². The first-order valence-electron chi connectivity index (χ1n) is 5.78. The van der Waals surface area contributed by atoms with Gasteiger partial charge in [0, 0.05) is 29.8 Å². The molecular formula is C13H21BrN2. The molecule has 0 aliphatic rings. The van der Waals surface area contributed by atoms with Gasteiger partial charge in [-0.2, -0.15) is 0 Å². The van der Waals surface area contributed by atoms with Crippen LogP contribution in [0.5, 0.6) is 0 Å². The first-order valence-corrected chi connectivity index (χ1v) is 6.57. The van der Waals surface area contributed by atoms with Gasteiger partial charge in [-0.1, -0.05) is 22.9 Å². The summed E-state index contributed by atoms with van der Waals surface area (Å²) in [5.41, 5.74) is 2.64. The third-order valence-corrected chi connectivity index (χ3v) is 3.25. The molecule has 0 saturated carbocycles. The molecule has 0 amide bonds. The number of benzene rings is 1. The van der Waals surface area contributed by atoms with Crippen LogP contribution in [0.2, 0.25) is 0 Å². The van der Waals surface area contributed by atoms with E-state index in [0.717, 1.165) is 17.6 Å². The molecule has 0 spiro atoms. The number of halogens is 1. The van der Waals surface area contributed by atoms with Crippen molar-refractivity contribution in [2.24, 2.45) is 0 Å². The normalized spacial score (nSPS) is 10.9. The Morgan fingerprint density at radius 3 is 2.62 bits per heavy atom. The minimum atomic E-state index is 0.515. The lowest BCUT2D eigenvalue weighted by molar-refractivity contribution is 0.709. The zero-order chi connectivity index (χ0) is 12.1. The maximum atomic E-state index is 3.53. The van der Waals surface area contributed by atoms with Gasteiger partial charge < -0.3 is 10.2 Å². The van der Waals surface area contributed by atoms with Crippen molar-refractivity contribution in [1.82, 2.24) is 5.32 Å². The summed E-state index contributed by atoms with van der Waals surface area (Å²) in [4.78, 5) is 2.30. The van der Waals surface area contributed by atoms with E-state index in [4.69, 9.17) is 0 Å². The van der Waals surface area contributed by atoms with Crippen LogP contribution >= 0.6 is 15.9 Å². The predicted molar refractivity (Wildman–Crippen MR) is 75.1 cm³/mol. The lowest BCUT2D eigenvalue weighted by atomic mass is 10.1. The smallest absolute Gasteiger partial charge is 0.0412 e. The highest BCUT2D eigenvalue weighted by Crippen LogP contribution is 2.25. The molecular weight excluding hydrogens is 264 g/mol. The van der Waals surface area contributed by atoms with E-state index in [2.05, 4.69) is 72.2 Å². The van der Waals surface area contributed by atoms with E-state index < -0.39 is 0 Å². The van der Waals surface area contributed by atoms with Crippen LogP contribution < -0.4 is 10.2 Å². The summed E-state index contributed by atoms with van der Waals surface area (Å²) in [6, 6.07) is 6.98. The third kappa shape index (κ3) is 3.49. The zero-order valence-corrected chi connectivity index (χ0v) is 12.1. The average Bonchev–Trinajstić information content (AvgIpc) is 2.25. The van der Waals surface area contributed by atoms with Crippen LogP contribution in [0.3, 0.4) is 0 Å². The third-order valence-electron chi connectivity index (χ3n) is 2.76. The lowest BCUT2D eigenvalue weighted by Crippen LogP contribution is -2.27. The SMILES string of the molecule is CCNCc1cc(Br)ccc1N(C)C(C)C. The number of rotatable bonds is 5. The van der Waals surface area contributed by atoms with Gasteiger partial charge in [0.05, 0.1) is 0 Å². The second-order valence-electron chi connectivity index (χ2n) is 4.26. The maximum Gasteiger partial charge on any atom is 0.0412 e. The highest BCUT2D eigenvalue weighted by molar-refractivity contribution is 9.10. The van der Waals surface area contributed by atoms with Crippen molar-refractivity contribution >= 4 is 21.6 Å². The summed E-state index contributed by atoms with van der Waals surface area (Å²) in [6.45, 7) is 8.46. The van der Waals surface area contributed by atoms with Crippen LogP contribution in [0.15, 0.2) is 22.7 Å². The Labute approximate surface area is 107 Å². The molecule has 0 fully saturated rings. The van der Waals surface area contributed by atoms with Crippen LogP contribution in [0.1, 0.15) is 26.3 Å². The summed E-state index contributed by atoms with van der Waals surface area (Å²) in [7, 11) is 2.14. The highest BCUT2D eigenvalue weighted by Gasteiger charge is 2.10. The Kier molecular flexibility index (Phi) is 5.29. The number of hydrogen-bond acceptors (Lipinski definition) is 2. The van der Waals surface area contributed by atoms with Gasteiger partial charge in [0.1, 0.15) is 0 Å². The fourth-order valence-electron chi connectivity index (χ4n) is 1.58. The van der Waals surface area contributed by atoms with Crippen molar-refractivity contribution in [3.05, 3.63) is 28.2 Å². The number of anilines is 1. The predicted octanol–water partition coefficient (Wildman–Crippen LogP) is 3.40. The summed E-state index contributed by atoms with van der Waals surface area (Å²) < 4.78 is 1.14. The van der Waals surface area contributed by atoms with Gasteiger partial charge in [-0.25, -0.2) is 0 Å². The van der Waals surface area contributed by atoms with Crippen molar-refractivity contribution in [1.29, 1.82) is 0 Å². The fraction of sp³-hybridized carbons (Fsp3) is 0.538. The molecule has 0 unspecified atom stereocenters. The van der Waals surface area contributed by atoms with Gasteiger partial charge in [0.25, 0.3) is 0 Å². The molecule has 0 radical (unpaired) electrons. The van der Waals surface area contributed by atoms with Gasteiger partial charge in [0.15, 0.2) is 0 Å². The molecule has 0 bridgehead atoms. The maximum absolute atomic E-state index is 3.53. The topological polar surface area (TPSA) is 15.3 Å². The largest absolute Gasteiger partial charge is 0.372 e. The fourth-order valence-corrected chi connectivity index (χ4v) is 1.99. The zero-order valence-electron chi connectivity index (χ0n) is 10.5. The van der Waals surface area contributed by atoms with Gasteiger partial charge in [-0.3, -0.25) is 0 Å². The molecule has 0 heterocycles. The van der Waals surface area contributed by atoms with Crippen LogP contribution in [0, 0.1) is 0 Å². The Morgan fingerprint density at radius 2 is 2.06 bits per heavy atom. The molecule has 0 aliphatic carbocycles. The van der Waals surface area contributed by atoms with E-state index in [1.807, 2.05) is 0 Å². The molecule has 3 heteroatoms. The average molecular weight is 285 g/mol. The van der Waals surface area contributed by atoms with Crippen molar-refractivity contribution in [2.45, 2.75) is 33.4 Å². The summed E-state index contributed by atoms with van der Waals surface area (Å²) in [6.07, 6.45) is 0. The van der Waals surface area contributed by atoms with E-state index in [0.29, 0.717) is 6.04 Å². The first-order chi connectivity index (χ1) is 7.56. The molecule has 2 nitrogen and oxygen atoms in total. The second kappa shape index (κ2) is 6.26. The molecule has 1 N–H and O–H groups in total. The van der Waals surface area contributed by atoms with Crippen molar-refractivity contribution < 1.29 is 0 Å². The molecule has 0 saturated heterocycles. The van der Waals surface area contributed by atoms with E-state index >= 15 is 0 Å². The van der Waals surface area contributed by atoms with Gasteiger partial charge in [0.2, 0.25) is 0 Å². The monoisotopic (exact) mass is 284 g/mol. The summed E-state index contributed by atoms with van der Waals surface area (Å²) in [5.74, 6) is 0. The van der Waals surface area contributed by atoms with Crippen molar-refractivity contribution in [3.63, 3.8) is 0 Å². The summed E-state index contributed by atoms with van der Waals surface area (Å²) in [5, 5.41) is 3.38. The van der Waals surface area contributed by atoms with Gasteiger partial charge >= 0.3 is 0 Å². The molecule has 1 aromatic carbocycles. The minimum Gasteiger partial charge on any atom is -0.372 e. The Bertz CT molecular complexity index is 337. The van der Waals surface area contributed by atoms with Crippen molar-refractivity contribution in [2.75, 3.05) is 18.5 Å². The minimum absolute atomic E-state index is 0.515. The Balaban J connectivity index is 2.97. The van der Waals surface area contributed by atoms with Gasteiger partial charge in [-0.15, -0.1) is 0 Å². The number of nitrogens with one attached hydrogen (secondary N) is 1. The van der Waals surface area contributed by atoms with Crippen LogP contribution in [-0.2, 0) is 6.54 Å². The second-order valence-corrected chi connectivity index (χ2v) is 5.17. The number of hydrogen-bond donors (Lipinski definition) is 1. The Hall–Kier alpha value is -0.540. The standard InChI is InChI=1S/C13H21BrN2/c1-5-15-9-11-8-12(14)6-7-13(11)16(4)10(2)3/h6-8,10,15H,5,9H2,1-4H3. The van der Waals surface area contributed by atoms with Gasteiger partial charge in [-0.05, 0) is 44.2 Å². The molecule has 0 aliphatic heterocycles. The highest BCUT2D eigenvalue weighted by atomic mass is 79.9. The summed E-state index contributed by atoms with van der Waals surface area (Å²) >= 11 is 3.53. The van der Waals surface area contributed by atoms with E-state index in [1.165, 1.54) is 11.3 Å². The van der Waals surface area contributed by atoms with E-state index in [-0.39, 0.29) is 0 Å². The molecule has 1 rings (SSSR count). The first kappa shape index (κ1) is 13.5. The quantitative estimate of drug-likeness (QED) is 0.892. The van der Waals surface area contributed by atoms with Crippen LogP contribution in [0.25, 0.3) is 0 Å². The lowest BCUT2D eigenvalue weighted by Gasteiger charge is -2.26. The molecule has 0 aromatic heterocycles. The van der Waals surface area contributed by atoms with Crippen LogP contribution in [0.4, 0.5) is 5.69 Å².